The number of H-pyrrole nitrogens is 1. The number of nitrogens with one attached hydrogen (secondary N) is 1. The van der Waals surface area contributed by atoms with E-state index in [1.54, 1.807) is 10.9 Å². The lowest BCUT2D eigenvalue weighted by atomic mass is 10.2. The van der Waals surface area contributed by atoms with Crippen LogP contribution in [-0.4, -0.2) is 34.2 Å². The summed E-state index contributed by atoms with van der Waals surface area (Å²) in [5, 5.41) is 11.4. The van der Waals surface area contributed by atoms with Crippen LogP contribution < -0.4 is 9.64 Å². The van der Waals surface area contributed by atoms with Crippen LogP contribution in [0.15, 0.2) is 59.7 Å². The lowest BCUT2D eigenvalue weighted by molar-refractivity contribution is 0.290. The van der Waals surface area contributed by atoms with E-state index in [0.29, 0.717) is 10.6 Å². The molecule has 0 amide bonds. The van der Waals surface area contributed by atoms with Gasteiger partial charge < -0.3 is 9.64 Å². The van der Waals surface area contributed by atoms with Gasteiger partial charge in [-0.3, -0.25) is 0 Å². The number of anilines is 1. The van der Waals surface area contributed by atoms with Gasteiger partial charge in [0.1, 0.15) is 12.4 Å². The zero-order valence-electron chi connectivity index (χ0n) is 15.5. The second kappa shape index (κ2) is 9.14. The molecule has 0 unspecified atom stereocenters. The molecule has 0 aliphatic heterocycles. The predicted molar refractivity (Wildman–Crippen MR) is 111 cm³/mol. The van der Waals surface area contributed by atoms with Crippen LogP contribution >= 0.6 is 12.2 Å². The summed E-state index contributed by atoms with van der Waals surface area (Å²) < 4.78 is 7.74. The average molecular weight is 382 g/mol. The van der Waals surface area contributed by atoms with Crippen LogP contribution in [0.2, 0.25) is 0 Å². The van der Waals surface area contributed by atoms with E-state index in [1.807, 2.05) is 42.5 Å². The molecule has 0 atom stereocenters. The Morgan fingerprint density at radius 1 is 1.11 bits per heavy atom. The summed E-state index contributed by atoms with van der Waals surface area (Å²) in [7, 11) is 0. The highest BCUT2D eigenvalue weighted by Gasteiger charge is 2.06. The van der Waals surface area contributed by atoms with Crippen molar-refractivity contribution in [3.8, 4) is 5.75 Å². The van der Waals surface area contributed by atoms with E-state index in [4.69, 9.17) is 17.0 Å². The fraction of sp³-hybridized carbons (Fsp3) is 0.250. The highest BCUT2D eigenvalue weighted by atomic mass is 32.1. The number of ether oxygens (including phenoxy) is 1. The molecule has 0 aliphatic carbocycles. The molecule has 1 aromatic heterocycles. The molecule has 0 aliphatic rings. The zero-order chi connectivity index (χ0) is 19.1. The average Bonchev–Trinajstić information content (AvgIpc) is 3.07. The van der Waals surface area contributed by atoms with Gasteiger partial charge in [-0.25, -0.2) is 5.10 Å². The minimum absolute atomic E-state index is 0.273. The van der Waals surface area contributed by atoms with E-state index in [2.05, 4.69) is 46.2 Å². The van der Waals surface area contributed by atoms with Gasteiger partial charge in [0.2, 0.25) is 4.77 Å². The van der Waals surface area contributed by atoms with Crippen LogP contribution in [0.5, 0.6) is 5.75 Å². The Balaban J connectivity index is 1.71. The zero-order valence-corrected chi connectivity index (χ0v) is 16.3. The van der Waals surface area contributed by atoms with Crippen LogP contribution in [0.25, 0.3) is 0 Å². The summed E-state index contributed by atoms with van der Waals surface area (Å²) in [5.41, 5.74) is 2.19. The van der Waals surface area contributed by atoms with Gasteiger partial charge >= 0.3 is 0 Å². The Labute approximate surface area is 164 Å². The van der Waals surface area contributed by atoms with Gasteiger partial charge in [0.05, 0.1) is 6.21 Å². The standard InChI is InChI=1S/C20H23N5OS/c1-3-24(4-2)17-12-10-16(11-13-17)14-21-25-19(22-23-20(25)27)15-26-18-8-6-5-7-9-18/h5-14H,3-4,15H2,1-2H3,(H,23,27)/b21-14+. The Hall–Kier alpha value is -2.93. The Morgan fingerprint density at radius 3 is 2.48 bits per heavy atom. The third-order valence-corrected chi connectivity index (χ3v) is 4.44. The van der Waals surface area contributed by atoms with Crippen molar-refractivity contribution in [3.05, 3.63) is 70.8 Å². The molecule has 3 rings (SSSR count). The van der Waals surface area contributed by atoms with E-state index < -0.39 is 0 Å². The molecule has 0 spiro atoms. The summed E-state index contributed by atoms with van der Waals surface area (Å²) in [4.78, 5) is 2.30. The molecule has 0 fully saturated rings. The number of para-hydroxylation sites is 1. The van der Waals surface area contributed by atoms with Gasteiger partial charge in [0, 0.05) is 18.8 Å². The van der Waals surface area contributed by atoms with Crippen LogP contribution in [0.1, 0.15) is 25.2 Å². The third-order valence-electron chi connectivity index (χ3n) is 4.17. The second-order valence-corrected chi connectivity index (χ2v) is 6.25. The first-order valence-electron chi connectivity index (χ1n) is 8.94. The smallest absolute Gasteiger partial charge is 0.216 e. The van der Waals surface area contributed by atoms with Gasteiger partial charge in [-0.05, 0) is 55.9 Å². The molecule has 0 saturated carbocycles. The number of aromatic amines is 1. The molecule has 27 heavy (non-hydrogen) atoms. The number of aromatic nitrogens is 3. The van der Waals surface area contributed by atoms with Gasteiger partial charge in [0.15, 0.2) is 5.82 Å². The Kier molecular flexibility index (Phi) is 6.38. The molecular formula is C20H23N5OS. The lowest BCUT2D eigenvalue weighted by Crippen LogP contribution is -2.21. The number of benzene rings is 2. The van der Waals surface area contributed by atoms with E-state index >= 15 is 0 Å². The van der Waals surface area contributed by atoms with E-state index in [9.17, 15) is 0 Å². The monoisotopic (exact) mass is 381 g/mol. The molecule has 0 saturated heterocycles. The predicted octanol–water partition coefficient (Wildman–Crippen LogP) is 4.25. The lowest BCUT2D eigenvalue weighted by Gasteiger charge is -2.20. The molecule has 1 N–H and O–H groups in total. The molecule has 3 aromatic rings. The highest BCUT2D eigenvalue weighted by molar-refractivity contribution is 7.71. The first-order chi connectivity index (χ1) is 13.2. The minimum atomic E-state index is 0.273. The third kappa shape index (κ3) is 4.83. The fourth-order valence-corrected chi connectivity index (χ4v) is 2.88. The van der Waals surface area contributed by atoms with Crippen molar-refractivity contribution >= 4 is 24.1 Å². The van der Waals surface area contributed by atoms with E-state index in [1.165, 1.54) is 5.69 Å². The van der Waals surface area contributed by atoms with Crippen LogP contribution in [0.3, 0.4) is 0 Å². The highest BCUT2D eigenvalue weighted by Crippen LogP contribution is 2.14. The van der Waals surface area contributed by atoms with Crippen molar-refractivity contribution < 1.29 is 4.74 Å². The number of rotatable bonds is 8. The minimum Gasteiger partial charge on any atom is -0.486 e. The maximum absolute atomic E-state index is 5.74. The Bertz CT molecular complexity index is 927. The topological polar surface area (TPSA) is 58.4 Å². The van der Waals surface area contributed by atoms with Crippen molar-refractivity contribution in [1.29, 1.82) is 0 Å². The SMILES string of the molecule is CCN(CC)c1ccc(/C=N/n2c(COc3ccccc3)n[nH]c2=S)cc1. The van der Waals surface area contributed by atoms with Gasteiger partial charge in [-0.2, -0.15) is 14.9 Å². The summed E-state index contributed by atoms with van der Waals surface area (Å²) in [6.45, 7) is 6.55. The second-order valence-electron chi connectivity index (χ2n) is 5.87. The number of hydrogen-bond acceptors (Lipinski definition) is 5. The van der Waals surface area contributed by atoms with Crippen LogP contribution in [-0.2, 0) is 6.61 Å². The van der Waals surface area contributed by atoms with Gasteiger partial charge in [0.25, 0.3) is 0 Å². The van der Waals surface area contributed by atoms with Crippen molar-refractivity contribution in [2.24, 2.45) is 5.10 Å². The molecule has 7 heteroatoms. The molecular weight excluding hydrogens is 358 g/mol. The summed E-state index contributed by atoms with van der Waals surface area (Å²) in [6, 6.07) is 17.9. The summed E-state index contributed by atoms with van der Waals surface area (Å²) >= 11 is 5.27. The van der Waals surface area contributed by atoms with Crippen molar-refractivity contribution in [2.75, 3.05) is 18.0 Å². The van der Waals surface area contributed by atoms with Crippen molar-refractivity contribution in [3.63, 3.8) is 0 Å². The van der Waals surface area contributed by atoms with Crippen molar-refractivity contribution in [1.82, 2.24) is 14.9 Å². The molecule has 140 valence electrons. The first kappa shape index (κ1) is 18.8. The normalized spacial score (nSPS) is 11.0. The fourth-order valence-electron chi connectivity index (χ4n) is 2.69. The maximum Gasteiger partial charge on any atom is 0.216 e. The van der Waals surface area contributed by atoms with Crippen LogP contribution in [0, 0.1) is 4.77 Å². The molecule has 1 heterocycles. The summed E-state index contributed by atoms with van der Waals surface area (Å²) in [6.07, 6.45) is 1.77. The van der Waals surface area contributed by atoms with E-state index in [0.717, 1.165) is 24.4 Å². The largest absolute Gasteiger partial charge is 0.486 e. The van der Waals surface area contributed by atoms with Gasteiger partial charge in [-0.15, -0.1) is 0 Å². The Morgan fingerprint density at radius 2 is 1.81 bits per heavy atom. The van der Waals surface area contributed by atoms with Crippen molar-refractivity contribution in [2.45, 2.75) is 20.5 Å². The van der Waals surface area contributed by atoms with E-state index in [-0.39, 0.29) is 6.61 Å². The molecule has 6 nitrogen and oxygen atoms in total. The molecule has 0 bridgehead atoms. The van der Waals surface area contributed by atoms with Crippen LogP contribution in [0.4, 0.5) is 5.69 Å². The maximum atomic E-state index is 5.74. The summed E-state index contributed by atoms with van der Waals surface area (Å²) in [5.74, 6) is 1.38. The molecule has 0 radical (unpaired) electrons. The molecule has 2 aromatic carbocycles. The number of nitrogens with zero attached hydrogens (tertiary/aromatic N) is 4. The van der Waals surface area contributed by atoms with Gasteiger partial charge in [-0.1, -0.05) is 30.3 Å². The number of hydrogen-bond donors (Lipinski definition) is 1. The first-order valence-corrected chi connectivity index (χ1v) is 9.35. The quantitative estimate of drug-likeness (QED) is 0.468.